The predicted octanol–water partition coefficient (Wildman–Crippen LogP) is 3.70. The van der Waals surface area contributed by atoms with E-state index in [1.165, 1.54) is 33.9 Å². The molecule has 7 nitrogen and oxygen atoms in total. The van der Waals surface area contributed by atoms with Crippen LogP contribution in [0.3, 0.4) is 0 Å². The first-order chi connectivity index (χ1) is 13.8. The Balaban J connectivity index is 1.47. The van der Waals surface area contributed by atoms with E-state index in [1.807, 2.05) is 6.07 Å². The Kier molecular flexibility index (Phi) is 5.10. The van der Waals surface area contributed by atoms with Crippen molar-refractivity contribution in [3.63, 3.8) is 0 Å². The van der Waals surface area contributed by atoms with Gasteiger partial charge >= 0.3 is 0 Å². The van der Waals surface area contributed by atoms with Crippen LogP contribution in [0.2, 0.25) is 0 Å². The summed E-state index contributed by atoms with van der Waals surface area (Å²) in [4.78, 5) is 22.7. The number of aromatic nitrogens is 2. The number of nitrogens with one attached hydrogen (secondary N) is 2. The molecule has 4 rings (SSSR count). The quantitative estimate of drug-likeness (QED) is 0.645. The summed E-state index contributed by atoms with van der Waals surface area (Å²) in [5.74, 6) is 0.531. The second kappa shape index (κ2) is 7.57. The van der Waals surface area contributed by atoms with E-state index in [0.29, 0.717) is 22.1 Å². The van der Waals surface area contributed by atoms with Crippen LogP contribution < -0.4 is 10.0 Å². The van der Waals surface area contributed by atoms with Crippen LogP contribution in [0, 0.1) is 13.8 Å². The number of benzene rings is 1. The molecule has 0 fully saturated rings. The fourth-order valence-electron chi connectivity index (χ4n) is 3.32. The number of hydrogen-bond donors (Lipinski definition) is 2. The smallest absolute Gasteiger partial charge is 0.265 e. The number of hydrogen-bond acceptors (Lipinski definition) is 6. The summed E-state index contributed by atoms with van der Waals surface area (Å²) in [6.07, 6.45) is 3.23. The van der Waals surface area contributed by atoms with E-state index in [4.69, 9.17) is 0 Å². The average molecular weight is 429 g/mol. The zero-order valence-electron chi connectivity index (χ0n) is 16.0. The molecule has 29 heavy (non-hydrogen) atoms. The van der Waals surface area contributed by atoms with Gasteiger partial charge in [-0.2, -0.15) is 0 Å². The number of aryl methyl sites for hydroxylation is 4. The van der Waals surface area contributed by atoms with Crippen LogP contribution in [0.25, 0.3) is 0 Å². The van der Waals surface area contributed by atoms with Gasteiger partial charge < -0.3 is 5.32 Å². The van der Waals surface area contributed by atoms with Crippen molar-refractivity contribution in [2.45, 2.75) is 38.0 Å². The van der Waals surface area contributed by atoms with Crippen molar-refractivity contribution in [3.8, 4) is 0 Å². The highest BCUT2D eigenvalue weighted by Gasteiger charge is 2.19. The number of anilines is 2. The molecule has 1 amide bonds. The lowest BCUT2D eigenvalue weighted by molar-refractivity contribution is 0.103. The number of thiophene rings is 1. The maximum absolute atomic E-state index is 12.6. The fourth-order valence-corrected chi connectivity index (χ4v) is 5.46. The van der Waals surface area contributed by atoms with Crippen LogP contribution in [-0.4, -0.2) is 24.3 Å². The SMILES string of the molecule is Cc1cc(NS(=O)(=O)c2ccc(NC(=O)c3cc4c(s3)CCC4)cc2)nc(C)n1. The number of nitrogens with zero attached hydrogens (tertiary/aromatic N) is 2. The van der Waals surface area contributed by atoms with Gasteiger partial charge in [-0.1, -0.05) is 0 Å². The van der Waals surface area contributed by atoms with Gasteiger partial charge in [-0.05, 0) is 69.0 Å². The highest BCUT2D eigenvalue weighted by Crippen LogP contribution is 2.31. The van der Waals surface area contributed by atoms with Crippen molar-refractivity contribution >= 4 is 38.8 Å². The molecule has 0 bridgehead atoms. The molecule has 2 N–H and O–H groups in total. The Morgan fingerprint density at radius 1 is 1.07 bits per heavy atom. The molecule has 9 heteroatoms. The van der Waals surface area contributed by atoms with Crippen molar-refractivity contribution in [3.05, 3.63) is 63.2 Å². The Labute approximate surface area is 173 Å². The topological polar surface area (TPSA) is 101 Å². The third-order valence-electron chi connectivity index (χ3n) is 4.60. The number of carbonyl (C=O) groups excluding carboxylic acids is 1. The highest BCUT2D eigenvalue weighted by molar-refractivity contribution is 7.92. The Bertz CT molecular complexity index is 1140. The van der Waals surface area contributed by atoms with Crippen molar-refractivity contribution < 1.29 is 13.2 Å². The molecule has 0 saturated heterocycles. The van der Waals surface area contributed by atoms with E-state index in [0.717, 1.165) is 19.3 Å². The van der Waals surface area contributed by atoms with Crippen LogP contribution in [0.5, 0.6) is 0 Å². The van der Waals surface area contributed by atoms with Crippen molar-refractivity contribution in [2.24, 2.45) is 0 Å². The minimum atomic E-state index is -3.79. The second-order valence-corrected chi connectivity index (χ2v) is 9.76. The Hall–Kier alpha value is -2.78. The lowest BCUT2D eigenvalue weighted by atomic mass is 10.2. The molecular weight excluding hydrogens is 408 g/mol. The molecule has 150 valence electrons. The van der Waals surface area contributed by atoms with Gasteiger partial charge in [-0.25, -0.2) is 18.4 Å². The predicted molar refractivity (Wildman–Crippen MR) is 113 cm³/mol. The molecule has 1 aromatic carbocycles. The summed E-state index contributed by atoms with van der Waals surface area (Å²) >= 11 is 1.53. The highest BCUT2D eigenvalue weighted by atomic mass is 32.2. The molecule has 0 radical (unpaired) electrons. The first-order valence-corrected chi connectivity index (χ1v) is 11.5. The largest absolute Gasteiger partial charge is 0.321 e. The molecule has 2 heterocycles. The average Bonchev–Trinajstić information content (AvgIpc) is 3.23. The van der Waals surface area contributed by atoms with E-state index < -0.39 is 10.0 Å². The van der Waals surface area contributed by atoms with Crippen LogP contribution in [-0.2, 0) is 22.9 Å². The molecule has 2 aromatic heterocycles. The third-order valence-corrected chi connectivity index (χ3v) is 7.20. The van der Waals surface area contributed by atoms with Gasteiger partial charge in [-0.15, -0.1) is 11.3 Å². The van der Waals surface area contributed by atoms with Crippen LogP contribution in [0.1, 0.15) is 38.1 Å². The zero-order valence-corrected chi connectivity index (χ0v) is 17.7. The number of amides is 1. The van der Waals surface area contributed by atoms with Gasteiger partial charge in [0.25, 0.3) is 15.9 Å². The first-order valence-electron chi connectivity index (χ1n) is 9.18. The summed E-state index contributed by atoms with van der Waals surface area (Å²) in [7, 11) is -3.79. The molecule has 1 aliphatic rings. The van der Waals surface area contributed by atoms with E-state index in [2.05, 4.69) is 20.0 Å². The fraction of sp³-hybridized carbons (Fsp3) is 0.250. The van der Waals surface area contributed by atoms with E-state index in [1.54, 1.807) is 32.0 Å². The molecule has 0 saturated carbocycles. The zero-order chi connectivity index (χ0) is 20.6. The third kappa shape index (κ3) is 4.30. The molecule has 0 aliphatic heterocycles. The van der Waals surface area contributed by atoms with Gasteiger partial charge in [0, 0.05) is 22.3 Å². The molecule has 3 aromatic rings. The molecule has 0 spiro atoms. The second-order valence-electron chi connectivity index (χ2n) is 6.94. The van der Waals surface area contributed by atoms with Crippen LogP contribution in [0.4, 0.5) is 11.5 Å². The van der Waals surface area contributed by atoms with Gasteiger partial charge in [-0.3, -0.25) is 9.52 Å². The van der Waals surface area contributed by atoms with Gasteiger partial charge in [0.15, 0.2) is 0 Å². The summed E-state index contributed by atoms with van der Waals surface area (Å²) in [6.45, 7) is 3.47. The summed E-state index contributed by atoms with van der Waals surface area (Å²) in [5.41, 5.74) is 2.48. The minimum Gasteiger partial charge on any atom is -0.321 e. The monoisotopic (exact) mass is 428 g/mol. The van der Waals surface area contributed by atoms with Gasteiger partial charge in [0.2, 0.25) is 0 Å². The molecule has 0 atom stereocenters. The molecule has 1 aliphatic carbocycles. The van der Waals surface area contributed by atoms with E-state index in [-0.39, 0.29) is 16.6 Å². The number of sulfonamides is 1. The number of fused-ring (bicyclic) bond motifs is 1. The minimum absolute atomic E-state index is 0.0829. The summed E-state index contributed by atoms with van der Waals surface area (Å²) in [6, 6.07) is 9.57. The number of rotatable bonds is 5. The first kappa shape index (κ1) is 19.5. The van der Waals surface area contributed by atoms with Crippen LogP contribution >= 0.6 is 11.3 Å². The maximum atomic E-state index is 12.6. The normalized spacial score (nSPS) is 13.2. The molecular formula is C20H20N4O3S2. The van der Waals surface area contributed by atoms with E-state index in [9.17, 15) is 13.2 Å². The number of carbonyl (C=O) groups is 1. The van der Waals surface area contributed by atoms with Crippen molar-refractivity contribution in [1.82, 2.24) is 9.97 Å². The van der Waals surface area contributed by atoms with Gasteiger partial charge in [0.1, 0.15) is 11.6 Å². The maximum Gasteiger partial charge on any atom is 0.265 e. The van der Waals surface area contributed by atoms with Crippen molar-refractivity contribution in [1.29, 1.82) is 0 Å². The van der Waals surface area contributed by atoms with E-state index >= 15 is 0 Å². The standard InChI is InChI=1S/C20H20N4O3S2/c1-12-10-19(22-13(2)21-12)24-29(26,27)16-8-6-15(7-9-16)23-20(25)18-11-14-4-3-5-17(14)28-18/h6-11H,3-5H2,1-2H3,(H,23,25)(H,21,22,24). The van der Waals surface area contributed by atoms with Gasteiger partial charge in [0.05, 0.1) is 9.77 Å². The lowest BCUT2D eigenvalue weighted by Crippen LogP contribution is -2.15. The molecule has 0 unspecified atom stereocenters. The summed E-state index contributed by atoms with van der Waals surface area (Å²) in [5, 5.41) is 2.83. The van der Waals surface area contributed by atoms with Crippen molar-refractivity contribution in [2.75, 3.05) is 10.0 Å². The van der Waals surface area contributed by atoms with Crippen LogP contribution in [0.15, 0.2) is 41.3 Å². The lowest BCUT2D eigenvalue weighted by Gasteiger charge is -2.09. The summed E-state index contributed by atoms with van der Waals surface area (Å²) < 4.78 is 27.7. The Morgan fingerprint density at radius 3 is 2.52 bits per heavy atom. The Morgan fingerprint density at radius 2 is 1.83 bits per heavy atom.